The van der Waals surface area contributed by atoms with Crippen LogP contribution in [0.25, 0.3) is 0 Å². The van der Waals surface area contributed by atoms with Gasteiger partial charge in [0.1, 0.15) is 11.5 Å². The summed E-state index contributed by atoms with van der Waals surface area (Å²) < 4.78 is 13.6. The molecule has 0 radical (unpaired) electrons. The van der Waals surface area contributed by atoms with E-state index in [4.69, 9.17) is 0 Å². The van der Waals surface area contributed by atoms with Gasteiger partial charge in [0.25, 0.3) is 5.69 Å². The van der Waals surface area contributed by atoms with Crippen molar-refractivity contribution in [2.45, 2.75) is 0 Å². The van der Waals surface area contributed by atoms with Crippen molar-refractivity contribution in [3.05, 3.63) is 62.9 Å². The van der Waals surface area contributed by atoms with E-state index in [1.807, 2.05) is 4.90 Å². The number of amides is 2. The van der Waals surface area contributed by atoms with Crippen LogP contribution in [-0.2, 0) is 0 Å². The summed E-state index contributed by atoms with van der Waals surface area (Å²) in [6, 6.07) is 10.3. The van der Waals surface area contributed by atoms with Crippen molar-refractivity contribution in [1.29, 1.82) is 0 Å². The summed E-state index contributed by atoms with van der Waals surface area (Å²) in [6.07, 6.45) is 0. The fourth-order valence-electron chi connectivity index (χ4n) is 2.82. The number of benzene rings is 2. The Morgan fingerprint density at radius 2 is 1.85 bits per heavy atom. The molecule has 0 spiro atoms. The van der Waals surface area contributed by atoms with Gasteiger partial charge in [0.2, 0.25) is 0 Å². The second-order valence-electron chi connectivity index (χ2n) is 5.77. The largest absolute Gasteiger partial charge is 0.362 e. The number of hydrogen-bond donors (Lipinski definition) is 1. The first-order valence-electron chi connectivity index (χ1n) is 7.95. The minimum absolute atomic E-state index is 0.0562. The Labute approximate surface area is 157 Å². The molecule has 0 atom stereocenters. The maximum Gasteiger partial charge on any atom is 0.321 e. The van der Waals surface area contributed by atoms with E-state index in [0.29, 0.717) is 42.0 Å². The number of halogens is 2. The summed E-state index contributed by atoms with van der Waals surface area (Å²) in [5, 5.41) is 13.9. The van der Waals surface area contributed by atoms with E-state index in [1.54, 1.807) is 23.1 Å². The van der Waals surface area contributed by atoms with Gasteiger partial charge in [-0.1, -0.05) is 12.1 Å². The summed E-state index contributed by atoms with van der Waals surface area (Å²) in [7, 11) is 0. The fourth-order valence-corrected chi connectivity index (χ4v) is 3.27. The zero-order valence-corrected chi connectivity index (χ0v) is 15.3. The highest BCUT2D eigenvalue weighted by Gasteiger charge is 2.25. The summed E-state index contributed by atoms with van der Waals surface area (Å²) in [5.41, 5.74) is 1.09. The average Bonchev–Trinajstić information content (AvgIpc) is 2.64. The quantitative estimate of drug-likeness (QED) is 0.601. The monoisotopic (exact) mass is 422 g/mol. The molecular weight excluding hydrogens is 407 g/mol. The number of rotatable bonds is 3. The van der Waals surface area contributed by atoms with Gasteiger partial charge in [0.15, 0.2) is 0 Å². The first-order chi connectivity index (χ1) is 12.5. The maximum absolute atomic E-state index is 13.1. The third-order valence-corrected chi connectivity index (χ3v) is 4.81. The van der Waals surface area contributed by atoms with Gasteiger partial charge in [-0.2, -0.15) is 0 Å². The van der Waals surface area contributed by atoms with Crippen LogP contribution in [0.3, 0.4) is 0 Å². The van der Waals surface area contributed by atoms with E-state index in [9.17, 15) is 19.3 Å². The highest BCUT2D eigenvalue weighted by atomic mass is 79.9. The van der Waals surface area contributed by atoms with E-state index in [2.05, 4.69) is 21.2 Å². The number of nitro benzene ring substituents is 1. The van der Waals surface area contributed by atoms with Gasteiger partial charge >= 0.3 is 6.03 Å². The van der Waals surface area contributed by atoms with Crippen LogP contribution in [0.2, 0.25) is 0 Å². The molecule has 1 fully saturated rings. The SMILES string of the molecule is O=C(Nc1ccc(F)cc1Br)N1CCN(c2ccccc2[N+](=O)[O-])CC1. The number of nitrogens with zero attached hydrogens (tertiary/aromatic N) is 3. The highest BCUT2D eigenvalue weighted by Crippen LogP contribution is 2.28. The molecule has 0 aromatic heterocycles. The Balaban J connectivity index is 1.63. The Kier molecular flexibility index (Phi) is 5.36. The van der Waals surface area contributed by atoms with Crippen LogP contribution in [0, 0.1) is 15.9 Å². The molecule has 7 nitrogen and oxygen atoms in total. The summed E-state index contributed by atoms with van der Waals surface area (Å²) in [5.74, 6) is -0.395. The molecule has 1 aliphatic heterocycles. The third-order valence-electron chi connectivity index (χ3n) is 4.16. The molecule has 0 bridgehead atoms. The van der Waals surface area contributed by atoms with E-state index in [1.165, 1.54) is 24.3 Å². The Hall–Kier alpha value is -2.68. The highest BCUT2D eigenvalue weighted by molar-refractivity contribution is 9.10. The summed E-state index contributed by atoms with van der Waals surface area (Å²) >= 11 is 3.22. The van der Waals surface area contributed by atoms with Crippen molar-refractivity contribution in [3.8, 4) is 0 Å². The fraction of sp³-hybridized carbons (Fsp3) is 0.235. The van der Waals surface area contributed by atoms with Gasteiger partial charge in [-0.3, -0.25) is 10.1 Å². The number of hydrogen-bond acceptors (Lipinski definition) is 4. The van der Waals surface area contributed by atoms with Gasteiger partial charge in [-0.15, -0.1) is 0 Å². The van der Waals surface area contributed by atoms with E-state index < -0.39 is 10.7 Å². The number of piperazine rings is 1. The van der Waals surface area contributed by atoms with Crippen LogP contribution in [0.1, 0.15) is 0 Å². The normalized spacial score (nSPS) is 14.2. The number of nitrogens with one attached hydrogen (secondary N) is 1. The lowest BCUT2D eigenvalue weighted by Gasteiger charge is -2.35. The molecular formula is C17H16BrFN4O3. The second-order valence-corrected chi connectivity index (χ2v) is 6.63. The number of urea groups is 1. The molecule has 136 valence electrons. The Morgan fingerprint density at radius 1 is 1.15 bits per heavy atom. The van der Waals surface area contributed by atoms with E-state index >= 15 is 0 Å². The number of carbonyl (C=O) groups excluding carboxylic acids is 1. The van der Waals surface area contributed by atoms with E-state index in [-0.39, 0.29) is 11.7 Å². The molecule has 2 aromatic carbocycles. The molecule has 1 N–H and O–H groups in total. The van der Waals surface area contributed by atoms with Crippen LogP contribution in [-0.4, -0.2) is 42.0 Å². The van der Waals surface area contributed by atoms with Gasteiger partial charge in [-0.25, -0.2) is 9.18 Å². The second kappa shape index (κ2) is 7.69. The Bertz CT molecular complexity index is 841. The van der Waals surface area contributed by atoms with Gasteiger partial charge in [-0.05, 0) is 40.2 Å². The van der Waals surface area contributed by atoms with Gasteiger partial charge < -0.3 is 15.1 Å². The van der Waals surface area contributed by atoms with Crippen molar-refractivity contribution in [2.75, 3.05) is 36.4 Å². The van der Waals surface area contributed by atoms with Crippen molar-refractivity contribution in [2.24, 2.45) is 0 Å². The predicted molar refractivity (Wildman–Crippen MR) is 100 cm³/mol. The van der Waals surface area contributed by atoms with Gasteiger partial charge in [0, 0.05) is 36.7 Å². The van der Waals surface area contributed by atoms with Crippen molar-refractivity contribution in [3.63, 3.8) is 0 Å². The standard InChI is InChI=1S/C17H16BrFN4O3/c18-13-11-12(19)5-6-14(13)20-17(24)22-9-7-21(8-10-22)15-3-1-2-4-16(15)23(25)26/h1-6,11H,7-10H2,(H,20,24). The van der Waals surface area contributed by atoms with Crippen LogP contribution in [0.4, 0.5) is 26.2 Å². The van der Waals surface area contributed by atoms with Crippen LogP contribution < -0.4 is 10.2 Å². The molecule has 0 saturated carbocycles. The zero-order valence-electron chi connectivity index (χ0n) is 13.7. The molecule has 9 heteroatoms. The minimum Gasteiger partial charge on any atom is -0.362 e. The Morgan fingerprint density at radius 3 is 2.50 bits per heavy atom. The van der Waals surface area contributed by atoms with Crippen molar-refractivity contribution < 1.29 is 14.1 Å². The maximum atomic E-state index is 13.1. The number of carbonyl (C=O) groups is 1. The van der Waals surface area contributed by atoms with Crippen molar-refractivity contribution in [1.82, 2.24) is 4.90 Å². The lowest BCUT2D eigenvalue weighted by atomic mass is 10.2. The smallest absolute Gasteiger partial charge is 0.321 e. The molecule has 26 heavy (non-hydrogen) atoms. The molecule has 1 saturated heterocycles. The topological polar surface area (TPSA) is 78.7 Å². The minimum atomic E-state index is -0.402. The lowest BCUT2D eigenvalue weighted by molar-refractivity contribution is -0.384. The summed E-state index contributed by atoms with van der Waals surface area (Å²) in [4.78, 5) is 26.7. The molecule has 0 aliphatic carbocycles. The molecule has 1 aliphatic rings. The van der Waals surface area contributed by atoms with Crippen molar-refractivity contribution >= 4 is 39.0 Å². The molecule has 1 heterocycles. The van der Waals surface area contributed by atoms with Crippen LogP contribution >= 0.6 is 15.9 Å². The first kappa shape index (κ1) is 18.1. The molecule has 2 aromatic rings. The number of para-hydroxylation sites is 2. The third kappa shape index (κ3) is 3.93. The lowest BCUT2D eigenvalue weighted by Crippen LogP contribution is -2.50. The van der Waals surface area contributed by atoms with Crippen LogP contribution in [0.5, 0.6) is 0 Å². The zero-order chi connectivity index (χ0) is 18.7. The van der Waals surface area contributed by atoms with Crippen LogP contribution in [0.15, 0.2) is 46.9 Å². The number of anilines is 2. The first-order valence-corrected chi connectivity index (χ1v) is 8.74. The predicted octanol–water partition coefficient (Wildman–Crippen LogP) is 3.85. The van der Waals surface area contributed by atoms with E-state index in [0.717, 1.165) is 0 Å². The number of nitro groups is 1. The average molecular weight is 423 g/mol. The molecule has 2 amide bonds. The summed E-state index contributed by atoms with van der Waals surface area (Å²) in [6.45, 7) is 1.83. The molecule has 0 unspecified atom stereocenters. The van der Waals surface area contributed by atoms with Gasteiger partial charge in [0.05, 0.1) is 10.6 Å². The molecule has 3 rings (SSSR count).